The van der Waals surface area contributed by atoms with E-state index < -0.39 is 0 Å². The molecular formula is C11H14FNO. The van der Waals surface area contributed by atoms with Crippen LogP contribution < -0.4 is 5.32 Å². The van der Waals surface area contributed by atoms with Gasteiger partial charge in [0.15, 0.2) is 0 Å². The van der Waals surface area contributed by atoms with E-state index in [9.17, 15) is 4.39 Å². The molecular weight excluding hydrogens is 181 g/mol. The number of benzene rings is 1. The lowest BCUT2D eigenvalue weighted by Crippen LogP contribution is -2.39. The van der Waals surface area contributed by atoms with Gasteiger partial charge in [0.1, 0.15) is 5.82 Å². The first-order valence-corrected chi connectivity index (χ1v) is 4.92. The summed E-state index contributed by atoms with van der Waals surface area (Å²) in [5.41, 5.74) is 0.737. The topological polar surface area (TPSA) is 21.3 Å². The first-order chi connectivity index (χ1) is 6.86. The second kappa shape index (κ2) is 4.53. The molecule has 1 aliphatic heterocycles. The van der Waals surface area contributed by atoms with Gasteiger partial charge in [-0.15, -0.1) is 0 Å². The minimum absolute atomic E-state index is 0.112. The molecule has 0 saturated carbocycles. The van der Waals surface area contributed by atoms with Crippen molar-refractivity contribution in [1.29, 1.82) is 0 Å². The van der Waals surface area contributed by atoms with E-state index in [0.29, 0.717) is 6.42 Å². The number of halogens is 1. The predicted molar refractivity (Wildman–Crippen MR) is 52.7 cm³/mol. The van der Waals surface area contributed by atoms with Gasteiger partial charge in [0.05, 0.1) is 12.7 Å². The molecule has 14 heavy (non-hydrogen) atoms. The maximum atomic E-state index is 13.3. The molecule has 3 heteroatoms. The number of hydrogen-bond donors (Lipinski definition) is 1. The van der Waals surface area contributed by atoms with Crippen LogP contribution >= 0.6 is 0 Å². The molecule has 1 saturated heterocycles. The zero-order chi connectivity index (χ0) is 9.80. The van der Waals surface area contributed by atoms with Gasteiger partial charge in [-0.25, -0.2) is 4.39 Å². The normalized spacial score (nSPS) is 22.2. The summed E-state index contributed by atoms with van der Waals surface area (Å²) in [6.07, 6.45) is 0.764. The van der Waals surface area contributed by atoms with Crippen molar-refractivity contribution in [1.82, 2.24) is 5.32 Å². The predicted octanol–water partition coefficient (Wildman–Crippen LogP) is 1.36. The lowest BCUT2D eigenvalue weighted by atomic mass is 10.1. The van der Waals surface area contributed by atoms with Crippen molar-refractivity contribution in [2.75, 3.05) is 19.7 Å². The molecule has 76 valence electrons. The second-order valence-corrected chi connectivity index (χ2v) is 3.49. The second-order valence-electron chi connectivity index (χ2n) is 3.49. The van der Waals surface area contributed by atoms with Crippen molar-refractivity contribution in [3.63, 3.8) is 0 Å². The van der Waals surface area contributed by atoms with E-state index in [2.05, 4.69) is 5.32 Å². The van der Waals surface area contributed by atoms with Crippen molar-refractivity contribution in [3.8, 4) is 0 Å². The highest BCUT2D eigenvalue weighted by atomic mass is 19.1. The number of hydrogen-bond acceptors (Lipinski definition) is 2. The van der Waals surface area contributed by atoms with Crippen LogP contribution in [0, 0.1) is 5.82 Å². The fourth-order valence-electron chi connectivity index (χ4n) is 1.66. The maximum absolute atomic E-state index is 13.3. The van der Waals surface area contributed by atoms with Crippen molar-refractivity contribution >= 4 is 0 Å². The van der Waals surface area contributed by atoms with Crippen LogP contribution in [-0.4, -0.2) is 25.8 Å². The van der Waals surface area contributed by atoms with Crippen molar-refractivity contribution in [2.45, 2.75) is 12.5 Å². The molecule has 1 unspecified atom stereocenters. The Bertz CT molecular complexity index is 297. The largest absolute Gasteiger partial charge is 0.375 e. The Hall–Kier alpha value is -0.930. The van der Waals surface area contributed by atoms with Gasteiger partial charge < -0.3 is 10.1 Å². The van der Waals surface area contributed by atoms with Crippen LogP contribution in [0.4, 0.5) is 4.39 Å². The van der Waals surface area contributed by atoms with Crippen LogP contribution in [0.2, 0.25) is 0 Å². The highest BCUT2D eigenvalue weighted by molar-refractivity contribution is 5.18. The van der Waals surface area contributed by atoms with E-state index in [4.69, 9.17) is 4.74 Å². The summed E-state index contributed by atoms with van der Waals surface area (Å²) in [5, 5.41) is 3.23. The molecule has 0 aliphatic carbocycles. The Labute approximate surface area is 83.1 Å². The summed E-state index contributed by atoms with van der Waals surface area (Å²) < 4.78 is 18.8. The third-order valence-electron chi connectivity index (χ3n) is 2.41. The molecule has 1 fully saturated rings. The smallest absolute Gasteiger partial charge is 0.126 e. The summed E-state index contributed by atoms with van der Waals surface area (Å²) in [6.45, 7) is 2.43. The van der Waals surface area contributed by atoms with Crippen LogP contribution in [0.1, 0.15) is 5.56 Å². The van der Waals surface area contributed by atoms with E-state index in [-0.39, 0.29) is 11.9 Å². The first-order valence-electron chi connectivity index (χ1n) is 4.92. The zero-order valence-electron chi connectivity index (χ0n) is 8.00. The molecule has 1 aromatic carbocycles. The van der Waals surface area contributed by atoms with E-state index in [0.717, 1.165) is 25.3 Å². The summed E-state index contributed by atoms with van der Waals surface area (Å²) in [6, 6.07) is 6.87. The first kappa shape index (κ1) is 9.62. The van der Waals surface area contributed by atoms with Crippen LogP contribution in [0.25, 0.3) is 0 Å². The molecule has 1 aromatic rings. The molecule has 0 radical (unpaired) electrons. The highest BCUT2D eigenvalue weighted by Crippen LogP contribution is 2.11. The molecule has 0 bridgehead atoms. The number of rotatable bonds is 2. The maximum Gasteiger partial charge on any atom is 0.126 e. The fourth-order valence-corrected chi connectivity index (χ4v) is 1.66. The van der Waals surface area contributed by atoms with Crippen LogP contribution in [-0.2, 0) is 11.2 Å². The molecule has 2 nitrogen and oxygen atoms in total. The Morgan fingerprint density at radius 2 is 2.29 bits per heavy atom. The lowest BCUT2D eigenvalue weighted by molar-refractivity contribution is 0.0287. The molecule has 1 N–H and O–H groups in total. The Morgan fingerprint density at radius 1 is 1.43 bits per heavy atom. The quantitative estimate of drug-likeness (QED) is 0.769. The molecule has 0 amide bonds. The van der Waals surface area contributed by atoms with Gasteiger partial charge in [-0.05, 0) is 11.6 Å². The molecule has 1 aliphatic rings. The third-order valence-corrected chi connectivity index (χ3v) is 2.41. The van der Waals surface area contributed by atoms with Gasteiger partial charge in [0.25, 0.3) is 0 Å². The zero-order valence-corrected chi connectivity index (χ0v) is 8.00. The number of morpholine rings is 1. The fraction of sp³-hybridized carbons (Fsp3) is 0.455. The van der Waals surface area contributed by atoms with Gasteiger partial charge in [-0.2, -0.15) is 0 Å². The Kier molecular flexibility index (Phi) is 3.11. The Balaban J connectivity index is 1.99. The third kappa shape index (κ3) is 2.30. The highest BCUT2D eigenvalue weighted by Gasteiger charge is 2.15. The van der Waals surface area contributed by atoms with Gasteiger partial charge in [0.2, 0.25) is 0 Å². The molecule has 0 spiro atoms. The van der Waals surface area contributed by atoms with Crippen molar-refractivity contribution < 1.29 is 9.13 Å². The summed E-state index contributed by atoms with van der Waals surface area (Å²) >= 11 is 0. The van der Waals surface area contributed by atoms with Gasteiger partial charge in [-0.3, -0.25) is 0 Å². The van der Waals surface area contributed by atoms with E-state index in [1.54, 1.807) is 6.07 Å². The molecule has 0 aromatic heterocycles. The van der Waals surface area contributed by atoms with Crippen molar-refractivity contribution in [2.24, 2.45) is 0 Å². The average Bonchev–Trinajstić information content (AvgIpc) is 2.23. The van der Waals surface area contributed by atoms with Crippen LogP contribution in [0.5, 0.6) is 0 Å². The summed E-state index contributed by atoms with van der Waals surface area (Å²) in [7, 11) is 0. The molecule has 1 atom stereocenters. The van der Waals surface area contributed by atoms with E-state index >= 15 is 0 Å². The number of nitrogens with one attached hydrogen (secondary N) is 1. The standard InChI is InChI=1S/C11H14FNO/c12-11-4-2-1-3-9(11)7-10-8-13-5-6-14-10/h1-4,10,13H,5-8H2. The van der Waals surface area contributed by atoms with Gasteiger partial charge >= 0.3 is 0 Å². The monoisotopic (exact) mass is 195 g/mol. The minimum Gasteiger partial charge on any atom is -0.375 e. The summed E-state index contributed by atoms with van der Waals surface area (Å²) in [4.78, 5) is 0. The van der Waals surface area contributed by atoms with Crippen LogP contribution in [0.15, 0.2) is 24.3 Å². The van der Waals surface area contributed by atoms with Gasteiger partial charge in [0, 0.05) is 19.5 Å². The van der Waals surface area contributed by atoms with Crippen LogP contribution in [0.3, 0.4) is 0 Å². The van der Waals surface area contributed by atoms with Gasteiger partial charge in [-0.1, -0.05) is 18.2 Å². The minimum atomic E-state index is -0.137. The van der Waals surface area contributed by atoms with Crippen molar-refractivity contribution in [3.05, 3.63) is 35.6 Å². The molecule has 1 heterocycles. The summed E-state index contributed by atoms with van der Waals surface area (Å²) in [5.74, 6) is -0.137. The van der Waals surface area contributed by atoms with E-state index in [1.165, 1.54) is 6.07 Å². The van der Waals surface area contributed by atoms with E-state index in [1.807, 2.05) is 12.1 Å². The SMILES string of the molecule is Fc1ccccc1CC1CNCCO1. The Morgan fingerprint density at radius 3 is 3.00 bits per heavy atom. The average molecular weight is 195 g/mol. The number of ether oxygens (including phenoxy) is 1. The molecule has 2 rings (SSSR count). The lowest BCUT2D eigenvalue weighted by Gasteiger charge is -2.23.